The molecule has 0 unspecified atom stereocenters. The van der Waals surface area contributed by atoms with Crippen molar-refractivity contribution in [2.24, 2.45) is 12.8 Å². The number of hydrogen-bond acceptors (Lipinski definition) is 3. The van der Waals surface area contributed by atoms with Crippen molar-refractivity contribution in [1.82, 2.24) is 14.8 Å². The predicted octanol–water partition coefficient (Wildman–Crippen LogP) is 0.983. The van der Waals surface area contributed by atoms with Crippen LogP contribution in [0.5, 0.6) is 0 Å². The van der Waals surface area contributed by atoms with E-state index in [1.807, 2.05) is 36.0 Å². The van der Waals surface area contributed by atoms with E-state index in [-0.39, 0.29) is 0 Å². The van der Waals surface area contributed by atoms with Gasteiger partial charge in [0.15, 0.2) is 0 Å². The molecule has 2 N–H and O–H groups in total. The van der Waals surface area contributed by atoms with Crippen molar-refractivity contribution in [2.45, 2.75) is 6.42 Å². The maximum atomic E-state index is 5.52. The normalized spacial score (nSPS) is 10.5. The second-order valence-electron chi connectivity index (χ2n) is 3.40. The van der Waals surface area contributed by atoms with Gasteiger partial charge < -0.3 is 5.73 Å². The van der Waals surface area contributed by atoms with Crippen molar-refractivity contribution in [2.75, 3.05) is 6.54 Å². The summed E-state index contributed by atoms with van der Waals surface area (Å²) in [6.45, 7) is 0.640. The van der Waals surface area contributed by atoms with Crippen molar-refractivity contribution < 1.29 is 0 Å². The molecule has 0 saturated carbocycles. The van der Waals surface area contributed by atoms with Crippen LogP contribution >= 0.6 is 0 Å². The van der Waals surface area contributed by atoms with Crippen LogP contribution in [0.1, 0.15) is 5.69 Å². The standard InChI is InChI=1S/C11H14N4/c1-15-9(5-6-12)8-11(14-15)10-4-2-3-7-13-10/h2-4,7-8H,5-6,12H2,1H3. The molecule has 78 valence electrons. The van der Waals surface area contributed by atoms with Crippen molar-refractivity contribution in [3.8, 4) is 11.4 Å². The molecule has 0 amide bonds. The van der Waals surface area contributed by atoms with Gasteiger partial charge in [-0.15, -0.1) is 0 Å². The number of pyridine rings is 1. The Kier molecular flexibility index (Phi) is 2.78. The van der Waals surface area contributed by atoms with Gasteiger partial charge in [0.2, 0.25) is 0 Å². The monoisotopic (exact) mass is 202 g/mol. The van der Waals surface area contributed by atoms with Crippen LogP contribution in [-0.2, 0) is 13.5 Å². The van der Waals surface area contributed by atoms with Gasteiger partial charge in [-0.2, -0.15) is 5.10 Å². The van der Waals surface area contributed by atoms with Crippen LogP contribution < -0.4 is 5.73 Å². The Hall–Kier alpha value is -1.68. The molecule has 0 spiro atoms. The second kappa shape index (κ2) is 4.23. The van der Waals surface area contributed by atoms with Gasteiger partial charge in [-0.25, -0.2) is 0 Å². The van der Waals surface area contributed by atoms with Crippen molar-refractivity contribution in [1.29, 1.82) is 0 Å². The largest absolute Gasteiger partial charge is 0.330 e. The van der Waals surface area contributed by atoms with E-state index < -0.39 is 0 Å². The van der Waals surface area contributed by atoms with E-state index >= 15 is 0 Å². The van der Waals surface area contributed by atoms with Crippen LogP contribution in [0.15, 0.2) is 30.5 Å². The van der Waals surface area contributed by atoms with Crippen molar-refractivity contribution in [3.05, 3.63) is 36.2 Å². The summed E-state index contributed by atoms with van der Waals surface area (Å²) in [4.78, 5) is 4.26. The summed E-state index contributed by atoms with van der Waals surface area (Å²) in [6, 6.07) is 7.84. The maximum absolute atomic E-state index is 5.52. The molecule has 0 fully saturated rings. The molecular formula is C11H14N4. The minimum Gasteiger partial charge on any atom is -0.330 e. The fraction of sp³-hybridized carbons (Fsp3) is 0.273. The number of nitrogens with zero attached hydrogens (tertiary/aromatic N) is 3. The SMILES string of the molecule is Cn1nc(-c2ccccn2)cc1CCN. The molecule has 4 heteroatoms. The van der Waals surface area contributed by atoms with Crippen LogP contribution in [0.2, 0.25) is 0 Å². The van der Waals surface area contributed by atoms with E-state index in [9.17, 15) is 0 Å². The zero-order valence-corrected chi connectivity index (χ0v) is 8.72. The maximum Gasteiger partial charge on any atom is 0.111 e. The van der Waals surface area contributed by atoms with E-state index in [0.717, 1.165) is 23.5 Å². The third-order valence-corrected chi connectivity index (χ3v) is 2.30. The highest BCUT2D eigenvalue weighted by molar-refractivity contribution is 5.53. The Morgan fingerprint density at radius 1 is 1.33 bits per heavy atom. The first-order chi connectivity index (χ1) is 7.31. The van der Waals surface area contributed by atoms with Gasteiger partial charge in [-0.3, -0.25) is 9.67 Å². The third-order valence-electron chi connectivity index (χ3n) is 2.30. The molecular weight excluding hydrogens is 188 g/mol. The van der Waals surface area contributed by atoms with Crippen LogP contribution in [-0.4, -0.2) is 21.3 Å². The summed E-state index contributed by atoms with van der Waals surface area (Å²) in [5.74, 6) is 0. The van der Waals surface area contributed by atoms with E-state index in [4.69, 9.17) is 5.73 Å². The van der Waals surface area contributed by atoms with E-state index in [1.165, 1.54) is 0 Å². The number of rotatable bonds is 3. The summed E-state index contributed by atoms with van der Waals surface area (Å²) in [5.41, 5.74) is 8.46. The van der Waals surface area contributed by atoms with Crippen molar-refractivity contribution in [3.63, 3.8) is 0 Å². The predicted molar refractivity (Wildman–Crippen MR) is 59.2 cm³/mol. The summed E-state index contributed by atoms with van der Waals surface area (Å²) < 4.78 is 1.86. The lowest BCUT2D eigenvalue weighted by atomic mass is 10.2. The Bertz CT molecular complexity index is 433. The number of hydrogen-bond donors (Lipinski definition) is 1. The third kappa shape index (κ3) is 2.05. The topological polar surface area (TPSA) is 56.7 Å². The minimum absolute atomic E-state index is 0.640. The average Bonchev–Trinajstić information content (AvgIpc) is 2.63. The molecule has 0 bridgehead atoms. The Labute approximate surface area is 88.8 Å². The smallest absolute Gasteiger partial charge is 0.111 e. The summed E-state index contributed by atoms with van der Waals surface area (Å²) in [5, 5.41) is 4.40. The first-order valence-corrected chi connectivity index (χ1v) is 4.95. The minimum atomic E-state index is 0.640. The Balaban J connectivity index is 2.34. The first-order valence-electron chi connectivity index (χ1n) is 4.95. The first kappa shape index (κ1) is 9.86. The molecule has 2 aromatic heterocycles. The molecule has 2 rings (SSSR count). The molecule has 0 aliphatic carbocycles. The van der Waals surface area contributed by atoms with Crippen molar-refractivity contribution >= 4 is 0 Å². The number of nitrogens with two attached hydrogens (primary N) is 1. The fourth-order valence-electron chi connectivity index (χ4n) is 1.53. The summed E-state index contributed by atoms with van der Waals surface area (Å²) in [7, 11) is 1.93. The summed E-state index contributed by atoms with van der Waals surface area (Å²) in [6.07, 6.45) is 2.61. The molecule has 2 aromatic rings. The molecule has 0 saturated heterocycles. The molecule has 0 aliphatic heterocycles. The van der Waals surface area contributed by atoms with E-state index in [2.05, 4.69) is 10.1 Å². The van der Waals surface area contributed by atoms with Gasteiger partial charge in [0.05, 0.1) is 5.69 Å². The highest BCUT2D eigenvalue weighted by Gasteiger charge is 2.06. The average molecular weight is 202 g/mol. The molecule has 0 aromatic carbocycles. The van der Waals surface area contributed by atoms with Gasteiger partial charge in [-0.05, 0) is 24.7 Å². The van der Waals surface area contributed by atoms with E-state index in [0.29, 0.717) is 6.54 Å². The fourth-order valence-corrected chi connectivity index (χ4v) is 1.53. The number of aromatic nitrogens is 3. The number of aryl methyl sites for hydroxylation is 1. The molecule has 0 atom stereocenters. The molecule has 2 heterocycles. The van der Waals surface area contributed by atoms with Gasteiger partial charge in [0, 0.05) is 25.4 Å². The Morgan fingerprint density at radius 2 is 2.20 bits per heavy atom. The quantitative estimate of drug-likeness (QED) is 0.807. The molecule has 4 nitrogen and oxygen atoms in total. The zero-order chi connectivity index (χ0) is 10.7. The van der Waals surface area contributed by atoms with Crippen LogP contribution in [0.4, 0.5) is 0 Å². The molecule has 15 heavy (non-hydrogen) atoms. The second-order valence-corrected chi connectivity index (χ2v) is 3.40. The molecule has 0 radical (unpaired) electrons. The van der Waals surface area contributed by atoms with Gasteiger partial charge >= 0.3 is 0 Å². The Morgan fingerprint density at radius 3 is 2.87 bits per heavy atom. The molecule has 0 aliphatic rings. The highest BCUT2D eigenvalue weighted by Crippen LogP contribution is 2.15. The van der Waals surface area contributed by atoms with Gasteiger partial charge in [-0.1, -0.05) is 6.07 Å². The van der Waals surface area contributed by atoms with Crippen LogP contribution in [0.25, 0.3) is 11.4 Å². The van der Waals surface area contributed by atoms with Crippen LogP contribution in [0, 0.1) is 0 Å². The van der Waals surface area contributed by atoms with Gasteiger partial charge in [0.1, 0.15) is 5.69 Å². The lowest BCUT2D eigenvalue weighted by Crippen LogP contribution is -2.06. The van der Waals surface area contributed by atoms with Gasteiger partial charge in [0.25, 0.3) is 0 Å². The lowest BCUT2D eigenvalue weighted by molar-refractivity contribution is 0.708. The highest BCUT2D eigenvalue weighted by atomic mass is 15.3. The van der Waals surface area contributed by atoms with Crippen LogP contribution in [0.3, 0.4) is 0 Å². The lowest BCUT2D eigenvalue weighted by Gasteiger charge is -1.96. The summed E-state index contributed by atoms with van der Waals surface area (Å²) >= 11 is 0. The zero-order valence-electron chi connectivity index (χ0n) is 8.72. The van der Waals surface area contributed by atoms with E-state index in [1.54, 1.807) is 6.20 Å².